The van der Waals surface area contributed by atoms with Crippen molar-refractivity contribution in [1.82, 2.24) is 15.0 Å². The molecule has 3 N–H and O–H groups in total. The lowest BCUT2D eigenvalue weighted by Crippen LogP contribution is -2.30. The molecule has 0 aliphatic heterocycles. The van der Waals surface area contributed by atoms with E-state index in [2.05, 4.69) is 46.4 Å². The quantitative estimate of drug-likeness (QED) is 0.633. The maximum absolute atomic E-state index is 13.8. The molecule has 6 heteroatoms. The monoisotopic (exact) mass is 327 g/mol. The SMILES string of the molecule is CCC(C)(C)Nc1ncc(C)c(Nc2ccc(F)c3[nH]ccc23)n1. The van der Waals surface area contributed by atoms with Crippen LogP contribution in [0.3, 0.4) is 0 Å². The molecule has 2 aromatic heterocycles. The molecule has 0 radical (unpaired) electrons. The number of anilines is 3. The van der Waals surface area contributed by atoms with Crippen LogP contribution in [0, 0.1) is 12.7 Å². The van der Waals surface area contributed by atoms with Crippen LogP contribution in [-0.2, 0) is 0 Å². The fraction of sp³-hybridized carbons (Fsp3) is 0.333. The summed E-state index contributed by atoms with van der Waals surface area (Å²) in [4.78, 5) is 11.8. The summed E-state index contributed by atoms with van der Waals surface area (Å²) in [7, 11) is 0. The number of benzene rings is 1. The maximum Gasteiger partial charge on any atom is 0.225 e. The molecule has 0 amide bonds. The molecule has 0 aliphatic rings. The fourth-order valence-electron chi connectivity index (χ4n) is 2.38. The lowest BCUT2D eigenvalue weighted by atomic mass is 10.0. The van der Waals surface area contributed by atoms with Gasteiger partial charge in [-0.2, -0.15) is 4.98 Å². The summed E-state index contributed by atoms with van der Waals surface area (Å²) < 4.78 is 13.8. The number of rotatable bonds is 5. The molecule has 1 aromatic carbocycles. The Hall–Kier alpha value is -2.63. The third-order valence-electron chi connectivity index (χ3n) is 4.23. The van der Waals surface area contributed by atoms with Gasteiger partial charge in [0.05, 0.1) is 5.52 Å². The summed E-state index contributed by atoms with van der Waals surface area (Å²) in [6.07, 6.45) is 4.46. The Morgan fingerprint density at radius 3 is 2.79 bits per heavy atom. The minimum absolute atomic E-state index is 0.0870. The van der Waals surface area contributed by atoms with Crippen molar-refractivity contribution in [3.8, 4) is 0 Å². The topological polar surface area (TPSA) is 65.6 Å². The van der Waals surface area contributed by atoms with Crippen molar-refractivity contribution in [2.24, 2.45) is 0 Å². The molecule has 126 valence electrons. The van der Waals surface area contributed by atoms with Crippen molar-refractivity contribution in [3.05, 3.63) is 42.0 Å². The van der Waals surface area contributed by atoms with Gasteiger partial charge in [0.15, 0.2) is 0 Å². The molecule has 2 heterocycles. The second-order valence-electron chi connectivity index (χ2n) is 6.57. The second-order valence-corrected chi connectivity index (χ2v) is 6.57. The highest BCUT2D eigenvalue weighted by molar-refractivity contribution is 5.93. The van der Waals surface area contributed by atoms with Gasteiger partial charge in [-0.15, -0.1) is 0 Å². The third-order valence-corrected chi connectivity index (χ3v) is 4.23. The zero-order valence-electron chi connectivity index (χ0n) is 14.4. The van der Waals surface area contributed by atoms with Crippen molar-refractivity contribution >= 4 is 28.4 Å². The first kappa shape index (κ1) is 16.2. The van der Waals surface area contributed by atoms with Gasteiger partial charge in [-0.05, 0) is 45.4 Å². The van der Waals surface area contributed by atoms with Gasteiger partial charge in [0, 0.05) is 34.6 Å². The van der Waals surface area contributed by atoms with E-state index in [4.69, 9.17) is 0 Å². The van der Waals surface area contributed by atoms with Gasteiger partial charge in [0.25, 0.3) is 0 Å². The minimum atomic E-state index is -0.271. The molecule has 24 heavy (non-hydrogen) atoms. The van der Waals surface area contributed by atoms with Crippen LogP contribution in [0.25, 0.3) is 10.9 Å². The van der Waals surface area contributed by atoms with Crippen LogP contribution < -0.4 is 10.6 Å². The number of aromatic amines is 1. The number of H-pyrrole nitrogens is 1. The van der Waals surface area contributed by atoms with E-state index >= 15 is 0 Å². The fourth-order valence-corrected chi connectivity index (χ4v) is 2.38. The van der Waals surface area contributed by atoms with Crippen LogP contribution >= 0.6 is 0 Å². The standard InChI is InChI=1S/C18H22FN5/c1-5-18(3,4)24-17-21-10-11(2)16(23-17)22-14-7-6-13(19)15-12(14)8-9-20-15/h6-10,20H,5H2,1-4H3,(H2,21,22,23,24). The normalized spacial score (nSPS) is 11.7. The predicted molar refractivity (Wildman–Crippen MR) is 96.3 cm³/mol. The van der Waals surface area contributed by atoms with Gasteiger partial charge in [-0.1, -0.05) is 6.92 Å². The van der Waals surface area contributed by atoms with Gasteiger partial charge in [0.2, 0.25) is 5.95 Å². The number of hydrogen-bond acceptors (Lipinski definition) is 4. The Morgan fingerprint density at radius 2 is 2.04 bits per heavy atom. The maximum atomic E-state index is 13.8. The highest BCUT2D eigenvalue weighted by Gasteiger charge is 2.17. The van der Waals surface area contributed by atoms with Crippen LogP contribution in [0.15, 0.2) is 30.6 Å². The smallest absolute Gasteiger partial charge is 0.225 e. The molecule has 3 rings (SSSR count). The molecule has 3 aromatic rings. The van der Waals surface area contributed by atoms with E-state index in [0.29, 0.717) is 17.3 Å². The average molecular weight is 327 g/mol. The summed E-state index contributed by atoms with van der Waals surface area (Å²) in [5.74, 6) is 1.00. The molecular formula is C18H22FN5. The Labute approximate surface area is 140 Å². The van der Waals surface area contributed by atoms with Crippen LogP contribution in [0.1, 0.15) is 32.8 Å². The first-order chi connectivity index (χ1) is 11.4. The average Bonchev–Trinajstić information content (AvgIpc) is 3.04. The number of nitrogens with one attached hydrogen (secondary N) is 3. The van der Waals surface area contributed by atoms with E-state index in [1.54, 1.807) is 18.5 Å². The van der Waals surface area contributed by atoms with E-state index in [1.165, 1.54) is 6.07 Å². The lowest BCUT2D eigenvalue weighted by Gasteiger charge is -2.24. The van der Waals surface area contributed by atoms with Gasteiger partial charge in [0.1, 0.15) is 11.6 Å². The molecule has 0 fully saturated rings. The number of aromatic nitrogens is 3. The molecule has 0 spiro atoms. The van der Waals surface area contributed by atoms with Gasteiger partial charge >= 0.3 is 0 Å². The lowest BCUT2D eigenvalue weighted by molar-refractivity contribution is 0.542. The van der Waals surface area contributed by atoms with E-state index in [9.17, 15) is 4.39 Å². The zero-order chi connectivity index (χ0) is 17.3. The van der Waals surface area contributed by atoms with Crippen molar-refractivity contribution in [2.75, 3.05) is 10.6 Å². The van der Waals surface area contributed by atoms with Crippen LogP contribution in [0.4, 0.5) is 21.8 Å². The molecule has 0 saturated carbocycles. The molecule has 0 aliphatic carbocycles. The largest absolute Gasteiger partial charge is 0.359 e. The van der Waals surface area contributed by atoms with Gasteiger partial charge in [-0.3, -0.25) is 0 Å². The molecule has 0 saturated heterocycles. The Morgan fingerprint density at radius 1 is 1.25 bits per heavy atom. The van der Waals surface area contributed by atoms with Crippen molar-refractivity contribution in [3.63, 3.8) is 0 Å². The Bertz CT molecular complexity index is 869. The molecule has 0 bridgehead atoms. The molecule has 0 unspecified atom stereocenters. The Balaban J connectivity index is 1.94. The predicted octanol–water partition coefficient (Wildman–Crippen LogP) is 4.75. The number of halogens is 1. The number of aryl methyl sites for hydroxylation is 1. The summed E-state index contributed by atoms with van der Waals surface area (Å²) in [5.41, 5.74) is 2.12. The van der Waals surface area contributed by atoms with E-state index in [1.807, 2.05) is 13.0 Å². The first-order valence-electron chi connectivity index (χ1n) is 8.04. The number of fused-ring (bicyclic) bond motifs is 1. The minimum Gasteiger partial charge on any atom is -0.359 e. The highest BCUT2D eigenvalue weighted by atomic mass is 19.1. The first-order valence-corrected chi connectivity index (χ1v) is 8.04. The third kappa shape index (κ3) is 3.18. The van der Waals surface area contributed by atoms with Crippen molar-refractivity contribution < 1.29 is 4.39 Å². The summed E-state index contributed by atoms with van der Waals surface area (Å²) >= 11 is 0. The van der Waals surface area contributed by atoms with Crippen LogP contribution in [0.2, 0.25) is 0 Å². The zero-order valence-corrected chi connectivity index (χ0v) is 14.4. The number of hydrogen-bond donors (Lipinski definition) is 3. The van der Waals surface area contributed by atoms with E-state index in [-0.39, 0.29) is 11.4 Å². The summed E-state index contributed by atoms with van der Waals surface area (Å²) in [6, 6.07) is 5.00. The van der Waals surface area contributed by atoms with E-state index in [0.717, 1.165) is 23.1 Å². The van der Waals surface area contributed by atoms with Crippen molar-refractivity contribution in [1.29, 1.82) is 0 Å². The summed E-state index contributed by atoms with van der Waals surface area (Å²) in [6.45, 7) is 8.26. The van der Waals surface area contributed by atoms with Gasteiger partial charge in [-0.25, -0.2) is 9.37 Å². The second kappa shape index (κ2) is 6.11. The van der Waals surface area contributed by atoms with Crippen molar-refractivity contribution in [2.45, 2.75) is 39.7 Å². The highest BCUT2D eigenvalue weighted by Crippen LogP contribution is 2.28. The number of nitrogens with zero attached hydrogens (tertiary/aromatic N) is 2. The summed E-state index contributed by atoms with van der Waals surface area (Å²) in [5, 5.41) is 7.42. The molecule has 5 nitrogen and oxygen atoms in total. The van der Waals surface area contributed by atoms with Gasteiger partial charge < -0.3 is 15.6 Å². The Kier molecular flexibility index (Phi) is 4.13. The van der Waals surface area contributed by atoms with E-state index < -0.39 is 0 Å². The molecular weight excluding hydrogens is 305 g/mol. The van der Waals surface area contributed by atoms with Crippen LogP contribution in [0.5, 0.6) is 0 Å². The molecule has 0 atom stereocenters. The van der Waals surface area contributed by atoms with Crippen LogP contribution in [-0.4, -0.2) is 20.5 Å².